The Kier molecular flexibility index (Phi) is 5.42. The molecule has 7 nitrogen and oxygen atoms in total. The lowest BCUT2D eigenvalue weighted by Gasteiger charge is -2.31. The van der Waals surface area contributed by atoms with Gasteiger partial charge in [0, 0.05) is 30.9 Å². The fourth-order valence-electron chi connectivity index (χ4n) is 2.25. The fourth-order valence-corrected chi connectivity index (χ4v) is 3.47. The third-order valence-electron chi connectivity index (χ3n) is 3.46. The Hall–Kier alpha value is -0.900. The van der Waals surface area contributed by atoms with E-state index in [-0.39, 0.29) is 12.6 Å². The highest BCUT2D eigenvalue weighted by Crippen LogP contribution is 2.21. The van der Waals surface area contributed by atoms with Gasteiger partial charge in [-0.05, 0) is 19.1 Å². The van der Waals surface area contributed by atoms with Crippen LogP contribution in [0.5, 0.6) is 0 Å². The Morgan fingerprint density at radius 3 is 2.67 bits per heavy atom. The number of aliphatic hydroxyl groups excluding tert-OH is 1. The van der Waals surface area contributed by atoms with Gasteiger partial charge in [-0.1, -0.05) is 11.8 Å². The van der Waals surface area contributed by atoms with Gasteiger partial charge in [0.15, 0.2) is 5.16 Å². The Bertz CT molecular complexity index is 586. The average Bonchev–Trinajstić information content (AvgIpc) is 2.46. The molecular weight excluding hydrogens is 312 g/mol. The maximum absolute atomic E-state index is 11.5. The number of sulfonamides is 1. The number of hydrogen-bond donors (Lipinski definition) is 2. The smallest absolute Gasteiger partial charge is 0.211 e. The van der Waals surface area contributed by atoms with E-state index in [2.05, 4.69) is 15.3 Å². The Morgan fingerprint density at radius 2 is 2.14 bits per heavy atom. The van der Waals surface area contributed by atoms with E-state index < -0.39 is 10.0 Å². The summed E-state index contributed by atoms with van der Waals surface area (Å²) >= 11 is 1.44. The number of anilines is 1. The van der Waals surface area contributed by atoms with Crippen molar-refractivity contribution >= 4 is 27.6 Å². The van der Waals surface area contributed by atoms with E-state index >= 15 is 0 Å². The van der Waals surface area contributed by atoms with Gasteiger partial charge in [0.25, 0.3) is 0 Å². The van der Waals surface area contributed by atoms with Crippen molar-refractivity contribution in [1.82, 2.24) is 14.3 Å². The predicted molar refractivity (Wildman–Crippen MR) is 82.8 cm³/mol. The van der Waals surface area contributed by atoms with Gasteiger partial charge in [0.2, 0.25) is 10.0 Å². The number of hydrogen-bond acceptors (Lipinski definition) is 7. The minimum Gasteiger partial charge on any atom is -0.391 e. The molecule has 0 saturated carbocycles. The molecular formula is C12H20N4O3S2. The van der Waals surface area contributed by atoms with Gasteiger partial charge in [-0.3, -0.25) is 0 Å². The molecule has 1 fully saturated rings. The molecule has 0 unspecified atom stereocenters. The SMILES string of the molecule is CSc1ncc(CO)c(NC2CCN(S(C)(=O)=O)CC2)n1. The Labute approximate surface area is 129 Å². The van der Waals surface area contributed by atoms with Crippen LogP contribution in [-0.2, 0) is 16.6 Å². The molecule has 0 aliphatic carbocycles. The van der Waals surface area contributed by atoms with Gasteiger partial charge < -0.3 is 10.4 Å². The van der Waals surface area contributed by atoms with Crippen LogP contribution in [0.4, 0.5) is 5.82 Å². The van der Waals surface area contributed by atoms with Crippen molar-refractivity contribution in [2.75, 3.05) is 30.9 Å². The molecule has 0 amide bonds. The summed E-state index contributed by atoms with van der Waals surface area (Å²) in [6, 6.07) is 0.151. The summed E-state index contributed by atoms with van der Waals surface area (Å²) in [4.78, 5) is 8.50. The number of rotatable bonds is 5. The maximum Gasteiger partial charge on any atom is 0.211 e. The van der Waals surface area contributed by atoms with Crippen molar-refractivity contribution in [3.05, 3.63) is 11.8 Å². The van der Waals surface area contributed by atoms with Crippen LogP contribution in [0.25, 0.3) is 0 Å². The molecule has 1 aromatic heterocycles. The second-order valence-corrected chi connectivity index (χ2v) is 7.73. The summed E-state index contributed by atoms with van der Waals surface area (Å²) < 4.78 is 24.5. The summed E-state index contributed by atoms with van der Waals surface area (Å²) in [5, 5.41) is 13.3. The van der Waals surface area contributed by atoms with Crippen molar-refractivity contribution in [2.24, 2.45) is 0 Å². The van der Waals surface area contributed by atoms with Crippen LogP contribution < -0.4 is 5.32 Å². The van der Waals surface area contributed by atoms with Gasteiger partial charge in [-0.25, -0.2) is 22.7 Å². The summed E-state index contributed by atoms with van der Waals surface area (Å²) in [6.07, 6.45) is 6.18. The second kappa shape index (κ2) is 6.91. The minimum absolute atomic E-state index is 0.126. The molecule has 2 N–H and O–H groups in total. The number of nitrogens with one attached hydrogen (secondary N) is 1. The zero-order valence-corrected chi connectivity index (χ0v) is 13.7. The van der Waals surface area contributed by atoms with Crippen LogP contribution in [0.1, 0.15) is 18.4 Å². The first kappa shape index (κ1) is 16.5. The number of aromatic nitrogens is 2. The summed E-state index contributed by atoms with van der Waals surface area (Å²) in [5.41, 5.74) is 0.651. The van der Waals surface area contributed by atoms with Crippen LogP contribution >= 0.6 is 11.8 Å². The molecule has 9 heteroatoms. The summed E-state index contributed by atoms with van der Waals surface area (Å²) in [6.45, 7) is 0.885. The highest BCUT2D eigenvalue weighted by Gasteiger charge is 2.25. The molecule has 1 aliphatic rings. The lowest BCUT2D eigenvalue weighted by molar-refractivity contribution is 0.280. The fraction of sp³-hybridized carbons (Fsp3) is 0.667. The van der Waals surface area contributed by atoms with Crippen LogP contribution in [0.2, 0.25) is 0 Å². The maximum atomic E-state index is 11.5. The Balaban J connectivity index is 2.03. The number of piperidine rings is 1. The molecule has 2 rings (SSSR count). The monoisotopic (exact) mass is 332 g/mol. The summed E-state index contributed by atoms with van der Waals surface area (Å²) in [7, 11) is -3.11. The molecule has 0 atom stereocenters. The zero-order chi connectivity index (χ0) is 15.5. The standard InChI is InChI=1S/C12H20N4O3S2/c1-20-12-13-7-9(8-17)11(15-12)14-10-3-5-16(6-4-10)21(2,18)19/h7,10,17H,3-6,8H2,1-2H3,(H,13,14,15). The van der Waals surface area contributed by atoms with Gasteiger partial charge in [0.1, 0.15) is 5.82 Å². The lowest BCUT2D eigenvalue weighted by Crippen LogP contribution is -2.42. The molecule has 1 aliphatic heterocycles. The first-order valence-corrected chi connectivity index (χ1v) is 9.73. The van der Waals surface area contributed by atoms with Crippen molar-refractivity contribution in [1.29, 1.82) is 0 Å². The molecule has 1 aromatic rings. The number of aliphatic hydroxyl groups is 1. The van der Waals surface area contributed by atoms with Gasteiger partial charge in [-0.15, -0.1) is 0 Å². The van der Waals surface area contributed by atoms with Crippen molar-refractivity contribution < 1.29 is 13.5 Å². The predicted octanol–water partition coefficient (Wildman–Crippen LogP) is 0.527. The third kappa shape index (κ3) is 4.29. The van der Waals surface area contributed by atoms with E-state index in [1.807, 2.05) is 6.26 Å². The summed E-state index contributed by atoms with van der Waals surface area (Å²) in [5.74, 6) is 0.634. The van der Waals surface area contributed by atoms with Crippen LogP contribution in [-0.4, -0.2) is 59.4 Å². The molecule has 1 saturated heterocycles. The van der Waals surface area contributed by atoms with E-state index in [9.17, 15) is 13.5 Å². The highest BCUT2D eigenvalue weighted by atomic mass is 32.2. The lowest BCUT2D eigenvalue weighted by atomic mass is 10.1. The molecule has 0 aromatic carbocycles. The van der Waals surface area contributed by atoms with Crippen LogP contribution in [0, 0.1) is 0 Å². The largest absolute Gasteiger partial charge is 0.391 e. The van der Waals surface area contributed by atoms with Gasteiger partial charge in [0.05, 0.1) is 12.9 Å². The third-order valence-corrected chi connectivity index (χ3v) is 5.32. The van der Waals surface area contributed by atoms with E-state index in [0.717, 1.165) is 12.8 Å². The van der Waals surface area contributed by atoms with Gasteiger partial charge in [-0.2, -0.15) is 0 Å². The zero-order valence-electron chi connectivity index (χ0n) is 12.1. The van der Waals surface area contributed by atoms with Crippen LogP contribution in [0.3, 0.4) is 0 Å². The molecule has 21 heavy (non-hydrogen) atoms. The van der Waals surface area contributed by atoms with E-state index in [1.165, 1.54) is 22.3 Å². The van der Waals surface area contributed by atoms with Crippen LogP contribution in [0.15, 0.2) is 11.4 Å². The number of thioether (sulfide) groups is 1. The van der Waals surface area contributed by atoms with E-state index in [1.54, 1.807) is 6.20 Å². The molecule has 0 radical (unpaired) electrons. The Morgan fingerprint density at radius 1 is 1.48 bits per heavy atom. The first-order valence-electron chi connectivity index (χ1n) is 6.66. The number of nitrogens with zero attached hydrogens (tertiary/aromatic N) is 3. The molecule has 2 heterocycles. The minimum atomic E-state index is -3.11. The van der Waals surface area contributed by atoms with Gasteiger partial charge >= 0.3 is 0 Å². The average molecular weight is 332 g/mol. The molecule has 0 bridgehead atoms. The van der Waals surface area contributed by atoms with Crippen molar-refractivity contribution in [3.63, 3.8) is 0 Å². The highest BCUT2D eigenvalue weighted by molar-refractivity contribution is 7.98. The van der Waals surface area contributed by atoms with E-state index in [0.29, 0.717) is 29.6 Å². The second-order valence-electron chi connectivity index (χ2n) is 4.97. The molecule has 118 valence electrons. The quantitative estimate of drug-likeness (QED) is 0.600. The normalized spacial score (nSPS) is 17.9. The van der Waals surface area contributed by atoms with E-state index in [4.69, 9.17) is 0 Å². The topological polar surface area (TPSA) is 95.4 Å². The van der Waals surface area contributed by atoms with Crippen molar-refractivity contribution in [2.45, 2.75) is 30.6 Å². The first-order chi connectivity index (χ1) is 9.94. The van der Waals surface area contributed by atoms with Crippen molar-refractivity contribution in [3.8, 4) is 0 Å². The molecule has 0 spiro atoms.